The second-order valence-electron chi connectivity index (χ2n) is 5.82. The fraction of sp³-hybridized carbons (Fsp3) is 0.647. The zero-order chi connectivity index (χ0) is 15.1. The number of likely N-dealkylation sites (tertiary alicyclic amines) is 1. The van der Waals surface area contributed by atoms with E-state index < -0.39 is 0 Å². The highest BCUT2D eigenvalue weighted by Crippen LogP contribution is 2.20. The summed E-state index contributed by atoms with van der Waals surface area (Å²) in [5.41, 5.74) is 0. The predicted octanol–water partition coefficient (Wildman–Crippen LogP) is 2.56. The molecule has 0 amide bonds. The van der Waals surface area contributed by atoms with Crippen LogP contribution in [0.4, 0.5) is 0 Å². The number of methoxy groups -OCH3 is 1. The summed E-state index contributed by atoms with van der Waals surface area (Å²) in [6.07, 6.45) is 3.16. The highest BCUT2D eigenvalue weighted by molar-refractivity contribution is 5.31. The summed E-state index contributed by atoms with van der Waals surface area (Å²) in [7, 11) is 1.66. The van der Waals surface area contributed by atoms with E-state index in [-0.39, 0.29) is 6.10 Å². The fourth-order valence-corrected chi connectivity index (χ4v) is 2.84. The number of ether oxygens (including phenoxy) is 2. The molecule has 1 fully saturated rings. The second kappa shape index (κ2) is 8.25. The van der Waals surface area contributed by atoms with E-state index in [1.165, 1.54) is 6.42 Å². The van der Waals surface area contributed by atoms with Crippen molar-refractivity contribution >= 4 is 0 Å². The van der Waals surface area contributed by atoms with Crippen LogP contribution in [0.2, 0.25) is 0 Å². The van der Waals surface area contributed by atoms with Crippen molar-refractivity contribution < 1.29 is 14.6 Å². The van der Waals surface area contributed by atoms with E-state index in [0.29, 0.717) is 5.92 Å². The lowest BCUT2D eigenvalue weighted by atomic mass is 9.93. The van der Waals surface area contributed by atoms with Crippen molar-refractivity contribution in [3.05, 3.63) is 24.3 Å². The molecule has 4 nitrogen and oxygen atoms in total. The molecule has 1 aliphatic heterocycles. The number of hydrogen-bond acceptors (Lipinski definition) is 4. The molecular formula is C17H27NO3. The van der Waals surface area contributed by atoms with Gasteiger partial charge in [-0.05, 0) is 62.9 Å². The van der Waals surface area contributed by atoms with Crippen LogP contribution in [0.25, 0.3) is 0 Å². The van der Waals surface area contributed by atoms with Crippen LogP contribution in [-0.2, 0) is 0 Å². The summed E-state index contributed by atoms with van der Waals surface area (Å²) in [6, 6.07) is 7.69. The van der Waals surface area contributed by atoms with Gasteiger partial charge in [-0.1, -0.05) is 0 Å². The van der Waals surface area contributed by atoms with Gasteiger partial charge in [-0.15, -0.1) is 0 Å². The molecule has 0 spiro atoms. The quantitative estimate of drug-likeness (QED) is 0.785. The van der Waals surface area contributed by atoms with Gasteiger partial charge in [0.05, 0.1) is 19.8 Å². The normalized spacial score (nSPS) is 21.0. The topological polar surface area (TPSA) is 41.9 Å². The van der Waals surface area contributed by atoms with Crippen LogP contribution in [0.5, 0.6) is 11.5 Å². The Bertz CT molecular complexity index is 405. The lowest BCUT2D eigenvalue weighted by molar-refractivity contribution is 0.0609. The van der Waals surface area contributed by atoms with Crippen LogP contribution in [0.1, 0.15) is 26.2 Å². The first-order chi connectivity index (χ1) is 10.2. The average Bonchev–Trinajstić information content (AvgIpc) is 2.52. The third kappa shape index (κ3) is 5.21. The summed E-state index contributed by atoms with van der Waals surface area (Å²) in [5, 5.41) is 9.70. The first kappa shape index (κ1) is 16.1. The molecule has 1 N–H and O–H groups in total. The summed E-state index contributed by atoms with van der Waals surface area (Å²) in [5.74, 6) is 2.16. The van der Waals surface area contributed by atoms with Crippen LogP contribution >= 0.6 is 0 Å². The third-order valence-electron chi connectivity index (χ3n) is 4.17. The molecule has 4 heteroatoms. The van der Waals surface area contributed by atoms with Gasteiger partial charge in [0.25, 0.3) is 0 Å². The zero-order valence-corrected chi connectivity index (χ0v) is 13.1. The van der Waals surface area contributed by atoms with Crippen molar-refractivity contribution in [3.8, 4) is 11.5 Å². The van der Waals surface area contributed by atoms with Crippen LogP contribution < -0.4 is 9.47 Å². The first-order valence-electron chi connectivity index (χ1n) is 7.86. The Morgan fingerprint density at radius 3 is 2.67 bits per heavy atom. The molecule has 1 aromatic rings. The van der Waals surface area contributed by atoms with E-state index in [0.717, 1.165) is 50.6 Å². The molecule has 0 aromatic heterocycles. The van der Waals surface area contributed by atoms with Gasteiger partial charge in [-0.2, -0.15) is 0 Å². The lowest BCUT2D eigenvalue weighted by Gasteiger charge is -2.34. The number of piperidine rings is 1. The molecule has 0 aliphatic carbocycles. The Labute approximate surface area is 127 Å². The number of rotatable bonds is 7. The molecule has 0 radical (unpaired) electrons. The maximum atomic E-state index is 9.70. The Balaban J connectivity index is 1.64. The van der Waals surface area contributed by atoms with Gasteiger partial charge in [-0.3, -0.25) is 0 Å². The van der Waals surface area contributed by atoms with Crippen molar-refractivity contribution in [2.24, 2.45) is 5.92 Å². The van der Waals surface area contributed by atoms with Gasteiger partial charge in [0, 0.05) is 13.1 Å². The summed E-state index contributed by atoms with van der Waals surface area (Å²) < 4.78 is 10.9. The van der Waals surface area contributed by atoms with Gasteiger partial charge < -0.3 is 19.5 Å². The van der Waals surface area contributed by atoms with Crippen molar-refractivity contribution in [1.29, 1.82) is 0 Å². The maximum absolute atomic E-state index is 9.70. The van der Waals surface area contributed by atoms with Crippen LogP contribution in [-0.4, -0.2) is 49.5 Å². The molecule has 1 aromatic carbocycles. The third-order valence-corrected chi connectivity index (χ3v) is 4.17. The number of benzene rings is 1. The van der Waals surface area contributed by atoms with Gasteiger partial charge >= 0.3 is 0 Å². The molecule has 1 heterocycles. The van der Waals surface area contributed by atoms with Gasteiger partial charge in [0.2, 0.25) is 0 Å². The Morgan fingerprint density at radius 2 is 2.00 bits per heavy atom. The minimum atomic E-state index is -0.191. The van der Waals surface area contributed by atoms with Gasteiger partial charge in [0.15, 0.2) is 0 Å². The smallest absolute Gasteiger partial charge is 0.119 e. The monoisotopic (exact) mass is 293 g/mol. The second-order valence-corrected chi connectivity index (χ2v) is 5.82. The SMILES string of the molecule is COc1ccc(OCCCN2CCCC(C(C)O)C2)cc1. The minimum absolute atomic E-state index is 0.191. The summed E-state index contributed by atoms with van der Waals surface area (Å²) in [6.45, 7) is 5.83. The molecule has 0 saturated carbocycles. The molecule has 0 bridgehead atoms. The summed E-state index contributed by atoms with van der Waals surface area (Å²) >= 11 is 0. The average molecular weight is 293 g/mol. The molecule has 2 unspecified atom stereocenters. The molecule has 1 saturated heterocycles. The number of nitrogens with zero attached hydrogens (tertiary/aromatic N) is 1. The van der Waals surface area contributed by atoms with Crippen molar-refractivity contribution in [1.82, 2.24) is 4.90 Å². The van der Waals surface area contributed by atoms with Crippen molar-refractivity contribution in [2.45, 2.75) is 32.3 Å². The van der Waals surface area contributed by atoms with Crippen molar-refractivity contribution in [2.75, 3.05) is 33.4 Å². The first-order valence-corrected chi connectivity index (χ1v) is 7.86. The standard InChI is InChI=1S/C17H27NO3/c1-14(19)15-5-3-10-18(13-15)11-4-12-21-17-8-6-16(20-2)7-9-17/h6-9,14-15,19H,3-5,10-13H2,1-2H3. The van der Waals surface area contributed by atoms with Crippen molar-refractivity contribution in [3.63, 3.8) is 0 Å². The Kier molecular flexibility index (Phi) is 6.33. The molecule has 2 rings (SSSR count). The number of aliphatic hydroxyl groups excluding tert-OH is 1. The maximum Gasteiger partial charge on any atom is 0.119 e. The van der Waals surface area contributed by atoms with E-state index in [4.69, 9.17) is 9.47 Å². The van der Waals surface area contributed by atoms with E-state index in [2.05, 4.69) is 4.90 Å². The Hall–Kier alpha value is -1.26. The van der Waals surface area contributed by atoms with Crippen LogP contribution in [0.3, 0.4) is 0 Å². The molecule has 1 aliphatic rings. The van der Waals surface area contributed by atoms with E-state index >= 15 is 0 Å². The number of hydrogen-bond donors (Lipinski definition) is 1. The van der Waals surface area contributed by atoms with Gasteiger partial charge in [-0.25, -0.2) is 0 Å². The summed E-state index contributed by atoms with van der Waals surface area (Å²) in [4.78, 5) is 2.44. The van der Waals surface area contributed by atoms with Gasteiger partial charge in [0.1, 0.15) is 11.5 Å². The van der Waals surface area contributed by atoms with E-state index in [9.17, 15) is 5.11 Å². The molecule has 118 valence electrons. The number of aliphatic hydroxyl groups is 1. The fourth-order valence-electron chi connectivity index (χ4n) is 2.84. The molecule has 21 heavy (non-hydrogen) atoms. The van der Waals surface area contributed by atoms with Crippen LogP contribution in [0, 0.1) is 5.92 Å². The Morgan fingerprint density at radius 1 is 1.29 bits per heavy atom. The largest absolute Gasteiger partial charge is 0.497 e. The molecular weight excluding hydrogens is 266 g/mol. The van der Waals surface area contributed by atoms with Crippen LogP contribution in [0.15, 0.2) is 24.3 Å². The highest BCUT2D eigenvalue weighted by atomic mass is 16.5. The predicted molar refractivity (Wildman–Crippen MR) is 84.0 cm³/mol. The van der Waals surface area contributed by atoms with E-state index in [1.54, 1.807) is 7.11 Å². The van der Waals surface area contributed by atoms with E-state index in [1.807, 2.05) is 31.2 Å². The highest BCUT2D eigenvalue weighted by Gasteiger charge is 2.22. The minimum Gasteiger partial charge on any atom is -0.497 e. The molecule has 2 atom stereocenters. The lowest BCUT2D eigenvalue weighted by Crippen LogP contribution is -2.40. The zero-order valence-electron chi connectivity index (χ0n) is 13.1.